The van der Waals surface area contributed by atoms with E-state index < -0.39 is 0 Å². The highest BCUT2D eigenvalue weighted by Gasteiger charge is 2.36. The molecule has 0 amide bonds. The van der Waals surface area contributed by atoms with Crippen molar-refractivity contribution >= 4 is 97.0 Å². The number of rotatable bonds is 12. The highest BCUT2D eigenvalue weighted by molar-refractivity contribution is 6.16. The van der Waals surface area contributed by atoms with Crippen molar-refractivity contribution in [1.82, 2.24) is 44.9 Å². The largest absolute Gasteiger partial charge is 0.208 e. The third-order valence-electron chi connectivity index (χ3n) is 26.5. The molecule has 3 heterocycles. The van der Waals surface area contributed by atoms with Crippen molar-refractivity contribution < 1.29 is 0 Å². The van der Waals surface area contributed by atoms with E-state index in [1.165, 1.54) is 120 Å². The Morgan fingerprint density at radius 1 is 0.126 bits per heavy atom. The van der Waals surface area contributed by atoms with E-state index in [1.54, 1.807) is 0 Å². The Kier molecular flexibility index (Phi) is 20.4. The molecule has 1 aliphatic carbocycles. The second-order valence-corrected chi connectivity index (χ2v) is 35.1. The van der Waals surface area contributed by atoms with Crippen molar-refractivity contribution in [3.05, 3.63) is 478 Å². The molecule has 0 radical (unpaired) electrons. The van der Waals surface area contributed by atoms with Crippen LogP contribution in [-0.2, 0) is 5.41 Å². The summed E-state index contributed by atoms with van der Waals surface area (Å²) < 4.78 is 0. The fraction of sp³-hybridized carbons (Fsp3) is 0.0238. The van der Waals surface area contributed by atoms with Crippen molar-refractivity contribution in [2.24, 2.45) is 0 Å². The first-order chi connectivity index (χ1) is 66.6. The van der Waals surface area contributed by atoms with Gasteiger partial charge >= 0.3 is 0 Å². The van der Waals surface area contributed by atoms with Gasteiger partial charge in [-0.15, -0.1) is 0 Å². The van der Waals surface area contributed by atoms with Gasteiger partial charge in [0.15, 0.2) is 52.4 Å². The average Bonchev–Trinajstić information content (AvgIpc) is 1.11. The van der Waals surface area contributed by atoms with Crippen molar-refractivity contribution in [1.29, 1.82) is 0 Å². The highest BCUT2D eigenvalue weighted by atomic mass is 15.1. The van der Waals surface area contributed by atoms with Crippen LogP contribution in [0, 0.1) is 0 Å². The number of nitrogens with zero attached hydrogens (tertiary/aromatic N) is 9. The van der Waals surface area contributed by atoms with Crippen LogP contribution in [0.2, 0.25) is 0 Å². The molecule has 0 bridgehead atoms. The van der Waals surface area contributed by atoms with E-state index in [9.17, 15) is 0 Å². The molecule has 1 aliphatic rings. The van der Waals surface area contributed by atoms with Gasteiger partial charge in [-0.25, -0.2) is 44.9 Å². The van der Waals surface area contributed by atoms with E-state index in [1.807, 2.05) is 78.9 Å². The van der Waals surface area contributed by atoms with E-state index in [0.29, 0.717) is 52.4 Å². The molecule has 0 saturated heterocycles. The van der Waals surface area contributed by atoms with Gasteiger partial charge in [0.05, 0.1) is 0 Å². The van der Waals surface area contributed by atoms with Gasteiger partial charge in [-0.2, -0.15) is 0 Å². The standard InChI is InChI=1S/C44H31N3.C43H27N3.C39H25N3/c1-44(2)39-19-11-10-18-36(39)37-25-24-32(27-40(37)44)43-46-41(29-12-4-3-5-13-29)45-42(47-43)30-22-20-28(21-23-30)38-26-31-14-6-7-15-33(31)34-16-8-9-17-35(34)38;1-2-11-30(12-3-1)41-44-42(34-22-19-28-10-4-5-13-31(28)24-34)46-43(45-41)35-23-20-29-18-21-33(25-36(29)26-35)40-27-32-14-6-7-15-37(32)38-16-8-9-17-39(38)40;1-2-11-29(12-3-1)37-40-38(42-39(41-37)36-16-8-13-27-9-4-7-15-34(27)36)30-20-17-26(18-21-30)31-23-24-35-32(25-31)22-19-28-10-5-6-14-33(28)35/h3-27H,1-2H3;1-27H;1-25H. The first kappa shape index (κ1) is 80.5. The van der Waals surface area contributed by atoms with E-state index in [4.69, 9.17) is 44.9 Å². The Morgan fingerprint density at radius 2 is 0.415 bits per heavy atom. The van der Waals surface area contributed by atoms with Crippen LogP contribution in [0.25, 0.3) is 244 Å². The smallest absolute Gasteiger partial charge is 0.164 e. The number of aromatic nitrogens is 9. The molecule has 0 atom stereocenters. The summed E-state index contributed by atoms with van der Waals surface area (Å²) in [5.41, 5.74) is 20.9. The molecule has 9 heteroatoms. The molecular weight excluding hydrogens is 1640 g/mol. The molecule has 25 aromatic rings. The summed E-state index contributed by atoms with van der Waals surface area (Å²) in [5.74, 6) is 5.95. The van der Waals surface area contributed by atoms with Crippen molar-refractivity contribution in [3.8, 4) is 147 Å². The summed E-state index contributed by atoms with van der Waals surface area (Å²) in [4.78, 5) is 45.0. The van der Waals surface area contributed by atoms with Crippen LogP contribution in [0.4, 0.5) is 0 Å². The van der Waals surface area contributed by atoms with Gasteiger partial charge in [-0.3, -0.25) is 0 Å². The van der Waals surface area contributed by atoms with Crippen LogP contribution in [0.5, 0.6) is 0 Å². The quantitative estimate of drug-likeness (QED) is 0.110. The highest BCUT2D eigenvalue weighted by Crippen LogP contribution is 2.50. The molecule has 0 N–H and O–H groups in total. The molecule has 3 aromatic heterocycles. The molecule has 0 saturated carbocycles. The summed E-state index contributed by atoms with van der Waals surface area (Å²) >= 11 is 0. The summed E-state index contributed by atoms with van der Waals surface area (Å²) in [5, 5.41) is 22.0. The van der Waals surface area contributed by atoms with Gasteiger partial charge in [0, 0.05) is 55.5 Å². The minimum Gasteiger partial charge on any atom is -0.208 e. The minimum absolute atomic E-state index is 0.108. The van der Waals surface area contributed by atoms with Gasteiger partial charge in [-0.1, -0.05) is 438 Å². The third-order valence-corrected chi connectivity index (χ3v) is 26.5. The lowest BCUT2D eigenvalue weighted by Gasteiger charge is -2.21. The van der Waals surface area contributed by atoms with Crippen LogP contribution in [0.3, 0.4) is 0 Å². The fourth-order valence-electron chi connectivity index (χ4n) is 19.6. The zero-order chi connectivity index (χ0) is 89.9. The maximum Gasteiger partial charge on any atom is 0.164 e. The Bertz CT molecular complexity index is 8950. The molecule has 0 fully saturated rings. The number of fused-ring (bicyclic) bond motifs is 15. The lowest BCUT2D eigenvalue weighted by Crippen LogP contribution is -2.15. The van der Waals surface area contributed by atoms with Crippen LogP contribution in [0.1, 0.15) is 25.0 Å². The molecular formula is C126H83N9. The summed E-state index contributed by atoms with van der Waals surface area (Å²) in [6, 6.07) is 164. The number of benzene rings is 22. The van der Waals surface area contributed by atoms with Crippen molar-refractivity contribution in [2.45, 2.75) is 19.3 Å². The van der Waals surface area contributed by atoms with E-state index >= 15 is 0 Å². The minimum atomic E-state index is -0.108. The topological polar surface area (TPSA) is 116 Å². The summed E-state index contributed by atoms with van der Waals surface area (Å²) in [7, 11) is 0. The molecule has 135 heavy (non-hydrogen) atoms. The van der Waals surface area contributed by atoms with Crippen molar-refractivity contribution in [2.75, 3.05) is 0 Å². The van der Waals surface area contributed by atoms with Gasteiger partial charge < -0.3 is 0 Å². The predicted molar refractivity (Wildman–Crippen MR) is 560 cm³/mol. The zero-order valence-electron chi connectivity index (χ0n) is 74.0. The maximum atomic E-state index is 5.09. The molecule has 9 nitrogen and oxygen atoms in total. The number of hydrogen-bond donors (Lipinski definition) is 0. The van der Waals surface area contributed by atoms with Gasteiger partial charge in [0.2, 0.25) is 0 Å². The van der Waals surface area contributed by atoms with Crippen LogP contribution in [0.15, 0.2) is 467 Å². The van der Waals surface area contributed by atoms with Gasteiger partial charge in [-0.05, 0) is 195 Å². The second kappa shape index (κ2) is 34.3. The lowest BCUT2D eigenvalue weighted by atomic mass is 9.82. The molecule has 26 rings (SSSR count). The lowest BCUT2D eigenvalue weighted by molar-refractivity contribution is 0.660. The van der Waals surface area contributed by atoms with Crippen LogP contribution >= 0.6 is 0 Å². The monoisotopic (exact) mass is 1720 g/mol. The number of hydrogen-bond acceptors (Lipinski definition) is 9. The summed E-state index contributed by atoms with van der Waals surface area (Å²) in [6.45, 7) is 4.60. The third kappa shape index (κ3) is 15.4. The Balaban J connectivity index is 0.000000111. The first-order valence-corrected chi connectivity index (χ1v) is 45.8. The van der Waals surface area contributed by atoms with E-state index in [-0.39, 0.29) is 5.41 Å². The van der Waals surface area contributed by atoms with Gasteiger partial charge in [0.25, 0.3) is 0 Å². The molecule has 632 valence electrons. The molecule has 22 aromatic carbocycles. The van der Waals surface area contributed by atoms with E-state index in [2.05, 4.69) is 402 Å². The fourth-order valence-corrected chi connectivity index (χ4v) is 19.6. The zero-order valence-corrected chi connectivity index (χ0v) is 74.0. The van der Waals surface area contributed by atoms with Gasteiger partial charge in [0.1, 0.15) is 0 Å². The second-order valence-electron chi connectivity index (χ2n) is 35.1. The maximum absolute atomic E-state index is 5.09. The molecule has 0 spiro atoms. The van der Waals surface area contributed by atoms with Crippen molar-refractivity contribution in [3.63, 3.8) is 0 Å². The van der Waals surface area contributed by atoms with Crippen LogP contribution in [-0.4, -0.2) is 44.9 Å². The normalized spacial score (nSPS) is 12.0. The summed E-state index contributed by atoms with van der Waals surface area (Å²) in [6.07, 6.45) is 0. The Labute approximate surface area is 781 Å². The predicted octanol–water partition coefficient (Wildman–Crippen LogP) is 32.3. The Hall–Kier alpha value is -17.8. The Morgan fingerprint density at radius 3 is 0.956 bits per heavy atom. The average molecular weight is 1720 g/mol. The van der Waals surface area contributed by atoms with Crippen LogP contribution < -0.4 is 0 Å². The first-order valence-electron chi connectivity index (χ1n) is 45.8. The SMILES string of the molecule is CC1(C)c2ccccc2-c2ccc(-c3nc(-c4ccccc4)nc(-c4ccc(-c5cc6ccccc6c6ccccc56)cc4)n3)cc21.c1ccc(-c2nc(-c3ccc(-c4ccc5c(ccc6ccccc65)c4)cc3)nc(-c3cccc4ccccc34)n2)cc1.c1ccc(-c2nc(-c3ccc4ccccc4c3)nc(-c3ccc4ccc(-c5cc6ccccc6c6ccccc56)cc4c3)n2)cc1. The molecule has 0 aliphatic heterocycles. The van der Waals surface area contributed by atoms with E-state index in [0.717, 1.165) is 82.7 Å². The molecule has 0 unspecified atom stereocenters.